The summed E-state index contributed by atoms with van der Waals surface area (Å²) in [6, 6.07) is 0.249. The van der Waals surface area contributed by atoms with Gasteiger partial charge in [-0.25, -0.2) is 13.1 Å². The van der Waals surface area contributed by atoms with Crippen LogP contribution >= 0.6 is 0 Å². The van der Waals surface area contributed by atoms with Gasteiger partial charge in [-0.1, -0.05) is 6.42 Å². The van der Waals surface area contributed by atoms with Crippen molar-refractivity contribution in [2.45, 2.75) is 31.7 Å². The highest BCUT2D eigenvalue weighted by Gasteiger charge is 2.40. The first-order valence-corrected chi connectivity index (χ1v) is 6.41. The minimum Gasteiger partial charge on any atom is -0.213 e. The van der Waals surface area contributed by atoms with Crippen molar-refractivity contribution in [3.05, 3.63) is 0 Å². The van der Waals surface area contributed by atoms with Gasteiger partial charge in [0.15, 0.2) is 0 Å². The van der Waals surface area contributed by atoms with Crippen molar-refractivity contribution in [3.8, 4) is 0 Å². The fraction of sp³-hybridized carbons (Fsp3) is 1.00. The zero-order valence-electron chi connectivity index (χ0n) is 7.29. The van der Waals surface area contributed by atoms with Crippen LogP contribution in [0.3, 0.4) is 0 Å². The number of rotatable bonds is 2. The molecule has 0 heterocycles. The molecular weight excluding hydrogens is 174 g/mol. The van der Waals surface area contributed by atoms with Crippen LogP contribution in [0, 0.1) is 11.8 Å². The Morgan fingerprint density at radius 1 is 1.25 bits per heavy atom. The minimum atomic E-state index is -2.98. The largest absolute Gasteiger partial charge is 0.213 e. The summed E-state index contributed by atoms with van der Waals surface area (Å²) in [5.41, 5.74) is 0. The van der Waals surface area contributed by atoms with Gasteiger partial charge in [-0.15, -0.1) is 0 Å². The first kappa shape index (κ1) is 8.51. The van der Waals surface area contributed by atoms with E-state index in [-0.39, 0.29) is 6.04 Å². The summed E-state index contributed by atoms with van der Waals surface area (Å²) in [6.45, 7) is 0. The number of sulfonamides is 1. The SMILES string of the molecule is CS(=O)(=O)N[C@H]1C[C@H]2CC[C@@H]1C2. The molecule has 0 aliphatic heterocycles. The molecular formula is C8H15NO2S. The van der Waals surface area contributed by atoms with Crippen LogP contribution in [0.25, 0.3) is 0 Å². The van der Waals surface area contributed by atoms with Crippen molar-refractivity contribution >= 4 is 10.0 Å². The number of hydrogen-bond donors (Lipinski definition) is 1. The first-order chi connectivity index (χ1) is 5.54. The maximum absolute atomic E-state index is 11.0. The second kappa shape index (κ2) is 2.70. The van der Waals surface area contributed by atoms with Gasteiger partial charge >= 0.3 is 0 Å². The van der Waals surface area contributed by atoms with Crippen molar-refractivity contribution in [1.82, 2.24) is 4.72 Å². The quantitative estimate of drug-likeness (QED) is 0.696. The van der Waals surface area contributed by atoms with Gasteiger partial charge in [0.25, 0.3) is 0 Å². The molecule has 4 heteroatoms. The van der Waals surface area contributed by atoms with Crippen LogP contribution in [0.15, 0.2) is 0 Å². The van der Waals surface area contributed by atoms with E-state index in [1.807, 2.05) is 0 Å². The maximum Gasteiger partial charge on any atom is 0.208 e. The number of nitrogens with one attached hydrogen (secondary N) is 1. The third-order valence-corrected chi connectivity index (χ3v) is 3.83. The Morgan fingerprint density at radius 3 is 2.42 bits per heavy atom. The summed E-state index contributed by atoms with van der Waals surface area (Å²) < 4.78 is 24.6. The molecule has 2 fully saturated rings. The second-order valence-electron chi connectivity index (χ2n) is 4.17. The van der Waals surface area contributed by atoms with Gasteiger partial charge in [-0.3, -0.25) is 0 Å². The van der Waals surface area contributed by atoms with E-state index in [2.05, 4.69) is 4.72 Å². The van der Waals surface area contributed by atoms with E-state index in [1.54, 1.807) is 0 Å². The highest BCUT2D eigenvalue weighted by atomic mass is 32.2. The van der Waals surface area contributed by atoms with Crippen LogP contribution in [0.4, 0.5) is 0 Å². The van der Waals surface area contributed by atoms with Crippen molar-refractivity contribution < 1.29 is 8.42 Å². The van der Waals surface area contributed by atoms with Crippen molar-refractivity contribution in [1.29, 1.82) is 0 Å². The molecule has 2 saturated carbocycles. The van der Waals surface area contributed by atoms with E-state index in [0.29, 0.717) is 5.92 Å². The fourth-order valence-electron chi connectivity index (χ4n) is 2.66. The molecule has 2 rings (SSSR count). The molecule has 0 amide bonds. The predicted octanol–water partition coefficient (Wildman–Crippen LogP) is 0.724. The molecule has 1 N–H and O–H groups in total. The topological polar surface area (TPSA) is 46.2 Å². The van der Waals surface area contributed by atoms with Crippen molar-refractivity contribution in [2.24, 2.45) is 11.8 Å². The second-order valence-corrected chi connectivity index (χ2v) is 5.95. The summed E-state index contributed by atoms with van der Waals surface area (Å²) in [5.74, 6) is 1.43. The highest BCUT2D eigenvalue weighted by Crippen LogP contribution is 2.44. The van der Waals surface area contributed by atoms with Crippen LogP contribution in [0.2, 0.25) is 0 Å². The normalized spacial score (nSPS) is 40.6. The van der Waals surface area contributed by atoms with Gasteiger partial charge in [-0.05, 0) is 31.1 Å². The Hall–Kier alpha value is -0.0900. The Bertz CT molecular complexity index is 273. The van der Waals surface area contributed by atoms with Gasteiger partial charge in [-0.2, -0.15) is 0 Å². The molecule has 2 bridgehead atoms. The zero-order chi connectivity index (χ0) is 8.77. The lowest BCUT2D eigenvalue weighted by molar-refractivity contribution is 0.391. The monoisotopic (exact) mass is 189 g/mol. The average Bonchev–Trinajstić information content (AvgIpc) is 2.42. The third kappa shape index (κ3) is 1.64. The molecule has 70 valence electrons. The Labute approximate surface area is 73.6 Å². The van der Waals surface area contributed by atoms with Crippen LogP contribution in [-0.2, 0) is 10.0 Å². The molecule has 0 unspecified atom stereocenters. The van der Waals surface area contributed by atoms with Gasteiger partial charge in [0.2, 0.25) is 10.0 Å². The lowest BCUT2D eigenvalue weighted by Crippen LogP contribution is -2.37. The molecule has 2 aliphatic rings. The standard InChI is InChI=1S/C8H15NO2S/c1-12(10,11)9-8-5-6-2-3-7(8)4-6/h6-9H,2-5H2,1H3/t6-,7+,8-/m0/s1. The maximum atomic E-state index is 11.0. The minimum absolute atomic E-state index is 0.249. The molecule has 0 spiro atoms. The van der Waals surface area contributed by atoms with E-state index in [0.717, 1.165) is 12.3 Å². The molecule has 2 aliphatic carbocycles. The van der Waals surface area contributed by atoms with E-state index in [4.69, 9.17) is 0 Å². The van der Waals surface area contributed by atoms with Crippen LogP contribution < -0.4 is 4.72 Å². The Kier molecular flexibility index (Phi) is 1.92. The number of fused-ring (bicyclic) bond motifs is 2. The summed E-state index contributed by atoms with van der Waals surface area (Å²) in [4.78, 5) is 0. The van der Waals surface area contributed by atoms with Crippen molar-refractivity contribution in [2.75, 3.05) is 6.26 Å². The first-order valence-electron chi connectivity index (χ1n) is 4.52. The smallest absolute Gasteiger partial charge is 0.208 e. The summed E-state index contributed by atoms with van der Waals surface area (Å²) >= 11 is 0. The summed E-state index contributed by atoms with van der Waals surface area (Å²) in [7, 11) is -2.98. The van der Waals surface area contributed by atoms with Crippen molar-refractivity contribution in [3.63, 3.8) is 0 Å². The van der Waals surface area contributed by atoms with Crippen LogP contribution in [0.1, 0.15) is 25.7 Å². The lowest BCUT2D eigenvalue weighted by atomic mass is 9.96. The van der Waals surface area contributed by atoms with E-state index in [9.17, 15) is 8.42 Å². The lowest BCUT2D eigenvalue weighted by Gasteiger charge is -2.21. The molecule has 0 saturated heterocycles. The molecule has 0 aromatic carbocycles. The molecule has 12 heavy (non-hydrogen) atoms. The van der Waals surface area contributed by atoms with Gasteiger partial charge in [0.1, 0.15) is 0 Å². The van der Waals surface area contributed by atoms with Crippen LogP contribution in [0.5, 0.6) is 0 Å². The summed E-state index contributed by atoms with van der Waals surface area (Å²) in [5, 5.41) is 0. The van der Waals surface area contributed by atoms with Gasteiger partial charge < -0.3 is 0 Å². The molecule has 3 nitrogen and oxygen atoms in total. The molecule has 0 aromatic heterocycles. The van der Waals surface area contributed by atoms with Crippen LogP contribution in [-0.4, -0.2) is 20.7 Å². The zero-order valence-corrected chi connectivity index (χ0v) is 8.10. The molecule has 3 atom stereocenters. The average molecular weight is 189 g/mol. The fourth-order valence-corrected chi connectivity index (χ4v) is 3.50. The summed E-state index contributed by atoms with van der Waals surface area (Å²) in [6.07, 6.45) is 6.09. The number of hydrogen-bond acceptors (Lipinski definition) is 2. The third-order valence-electron chi connectivity index (χ3n) is 3.10. The van der Waals surface area contributed by atoms with Gasteiger partial charge in [0.05, 0.1) is 6.26 Å². The highest BCUT2D eigenvalue weighted by molar-refractivity contribution is 7.88. The Balaban J connectivity index is 2.00. The van der Waals surface area contributed by atoms with E-state index >= 15 is 0 Å². The van der Waals surface area contributed by atoms with E-state index < -0.39 is 10.0 Å². The predicted molar refractivity (Wildman–Crippen MR) is 47.2 cm³/mol. The molecule has 0 aromatic rings. The Morgan fingerprint density at radius 2 is 2.00 bits per heavy atom. The molecule has 0 radical (unpaired) electrons. The van der Waals surface area contributed by atoms with Gasteiger partial charge in [0, 0.05) is 6.04 Å². The van der Waals surface area contributed by atoms with E-state index in [1.165, 1.54) is 25.5 Å².